The Balaban J connectivity index is 1.61. The minimum absolute atomic E-state index is 0.133. The third-order valence-corrected chi connectivity index (χ3v) is 4.83. The molecule has 2 N–H and O–H groups in total. The van der Waals surface area contributed by atoms with Gasteiger partial charge in [0.1, 0.15) is 0 Å². The van der Waals surface area contributed by atoms with Gasteiger partial charge in [-0.2, -0.15) is 0 Å². The number of hydrogen-bond donors (Lipinski definition) is 2. The minimum atomic E-state index is 0.133. The molecular weight excluding hydrogens is 274 g/mol. The maximum Gasteiger partial charge on any atom is 0.224 e. The van der Waals surface area contributed by atoms with E-state index in [-0.39, 0.29) is 11.8 Å². The van der Waals surface area contributed by atoms with Crippen molar-refractivity contribution < 1.29 is 4.79 Å². The molecule has 118 valence electrons. The van der Waals surface area contributed by atoms with Gasteiger partial charge in [-0.15, -0.1) is 0 Å². The number of hydrogen-bond acceptors (Lipinski definition) is 2. The first-order valence-corrected chi connectivity index (χ1v) is 8.08. The average Bonchev–Trinajstić information content (AvgIpc) is 2.98. The highest BCUT2D eigenvalue weighted by Crippen LogP contribution is 2.23. The van der Waals surface area contributed by atoms with Crippen LogP contribution in [0.1, 0.15) is 18.2 Å². The van der Waals surface area contributed by atoms with Crippen molar-refractivity contribution in [2.75, 3.05) is 26.7 Å². The van der Waals surface area contributed by atoms with Crippen LogP contribution in [0.2, 0.25) is 0 Å². The molecule has 0 aliphatic carbocycles. The van der Waals surface area contributed by atoms with Gasteiger partial charge in [-0.25, -0.2) is 0 Å². The summed E-state index contributed by atoms with van der Waals surface area (Å²) < 4.78 is 0. The molecule has 1 amide bonds. The summed E-state index contributed by atoms with van der Waals surface area (Å²) in [5.74, 6) is 0.781. The van der Waals surface area contributed by atoms with Crippen molar-refractivity contribution >= 4 is 16.8 Å². The molecule has 1 aliphatic heterocycles. The molecule has 0 saturated carbocycles. The lowest BCUT2D eigenvalue weighted by atomic mass is 9.97. The van der Waals surface area contributed by atoms with Crippen molar-refractivity contribution in [3.63, 3.8) is 0 Å². The number of nitrogens with zero attached hydrogens (tertiary/aromatic N) is 1. The Morgan fingerprint density at radius 3 is 2.86 bits per heavy atom. The van der Waals surface area contributed by atoms with Gasteiger partial charge < -0.3 is 15.2 Å². The van der Waals surface area contributed by atoms with Gasteiger partial charge in [-0.3, -0.25) is 4.79 Å². The number of aromatic amines is 1. The van der Waals surface area contributed by atoms with Gasteiger partial charge in [0.25, 0.3) is 0 Å². The zero-order valence-electron chi connectivity index (χ0n) is 13.6. The number of aryl methyl sites for hydroxylation is 1. The van der Waals surface area contributed by atoms with Gasteiger partial charge in [0, 0.05) is 36.2 Å². The van der Waals surface area contributed by atoms with Crippen molar-refractivity contribution in [2.24, 2.45) is 11.8 Å². The summed E-state index contributed by atoms with van der Waals surface area (Å²) in [6.07, 6.45) is 0.874. The zero-order chi connectivity index (χ0) is 15.7. The number of nitrogens with one attached hydrogen (secondary N) is 2. The second-order valence-electron chi connectivity index (χ2n) is 6.62. The van der Waals surface area contributed by atoms with Crippen LogP contribution in [-0.4, -0.2) is 42.5 Å². The summed E-state index contributed by atoms with van der Waals surface area (Å²) in [5.41, 5.74) is 3.68. The van der Waals surface area contributed by atoms with E-state index in [1.807, 2.05) is 6.07 Å². The molecule has 2 heterocycles. The molecule has 2 atom stereocenters. The summed E-state index contributed by atoms with van der Waals surface area (Å²) in [7, 11) is 2.08. The smallest absolute Gasteiger partial charge is 0.224 e. The van der Waals surface area contributed by atoms with E-state index < -0.39 is 0 Å². The van der Waals surface area contributed by atoms with E-state index in [0.717, 1.165) is 19.5 Å². The molecule has 2 aromatic rings. The van der Waals surface area contributed by atoms with Crippen LogP contribution in [0.25, 0.3) is 10.9 Å². The summed E-state index contributed by atoms with van der Waals surface area (Å²) in [5, 5.41) is 4.39. The van der Waals surface area contributed by atoms with E-state index in [0.29, 0.717) is 12.5 Å². The van der Waals surface area contributed by atoms with Crippen molar-refractivity contribution in [1.82, 2.24) is 15.2 Å². The molecule has 0 radical (unpaired) electrons. The number of rotatable bonds is 4. The molecule has 3 rings (SSSR count). The summed E-state index contributed by atoms with van der Waals surface area (Å²) in [6.45, 7) is 6.86. The van der Waals surface area contributed by atoms with Crippen LogP contribution >= 0.6 is 0 Å². The highest BCUT2D eigenvalue weighted by molar-refractivity contribution is 5.84. The number of fused-ring (bicyclic) bond motifs is 1. The van der Waals surface area contributed by atoms with E-state index in [2.05, 4.69) is 54.3 Å². The number of carbonyl (C=O) groups is 1. The molecule has 1 saturated heterocycles. The van der Waals surface area contributed by atoms with Gasteiger partial charge in [-0.05, 0) is 37.9 Å². The largest absolute Gasteiger partial charge is 0.358 e. The summed E-state index contributed by atoms with van der Waals surface area (Å²) in [6, 6.07) is 8.35. The summed E-state index contributed by atoms with van der Waals surface area (Å²) in [4.78, 5) is 18.0. The molecule has 1 aromatic heterocycles. The number of para-hydroxylation sites is 1. The third-order valence-electron chi connectivity index (χ3n) is 4.83. The van der Waals surface area contributed by atoms with Gasteiger partial charge in [0.15, 0.2) is 0 Å². The average molecular weight is 299 g/mol. The molecule has 0 bridgehead atoms. The lowest BCUT2D eigenvalue weighted by Gasteiger charge is -2.14. The van der Waals surface area contributed by atoms with Crippen molar-refractivity contribution in [1.29, 1.82) is 0 Å². The number of likely N-dealkylation sites (tertiary alicyclic amines) is 1. The number of carbonyl (C=O) groups excluding carboxylic acids is 1. The number of H-pyrrole nitrogens is 1. The fourth-order valence-electron chi connectivity index (χ4n) is 3.65. The fourth-order valence-corrected chi connectivity index (χ4v) is 3.65. The number of amides is 1. The van der Waals surface area contributed by atoms with Gasteiger partial charge in [-0.1, -0.05) is 25.1 Å². The quantitative estimate of drug-likeness (QED) is 0.910. The van der Waals surface area contributed by atoms with E-state index >= 15 is 0 Å². The van der Waals surface area contributed by atoms with Crippen LogP contribution in [0.3, 0.4) is 0 Å². The second-order valence-corrected chi connectivity index (χ2v) is 6.62. The van der Waals surface area contributed by atoms with Crippen LogP contribution in [0, 0.1) is 18.8 Å². The first kappa shape index (κ1) is 15.1. The van der Waals surface area contributed by atoms with E-state index in [9.17, 15) is 4.79 Å². The number of benzene rings is 1. The van der Waals surface area contributed by atoms with Crippen LogP contribution in [-0.2, 0) is 11.2 Å². The monoisotopic (exact) mass is 299 g/mol. The predicted octanol–water partition coefficient (Wildman–Crippen LogP) is 2.33. The second kappa shape index (κ2) is 6.13. The van der Waals surface area contributed by atoms with Gasteiger partial charge >= 0.3 is 0 Å². The molecule has 0 spiro atoms. The van der Waals surface area contributed by atoms with E-state index in [1.54, 1.807) is 0 Å². The molecule has 1 aromatic carbocycles. The maximum atomic E-state index is 12.3. The standard InChI is InChI=1S/C18H25N3O/c1-12-10-21(3)11-16(12)18(22)19-9-8-14-13(2)20-17-7-5-4-6-15(14)17/h4-7,12,16,20H,8-11H2,1-3H3,(H,19,22)/t12-,16-/m1/s1. The highest BCUT2D eigenvalue weighted by atomic mass is 16.1. The van der Waals surface area contributed by atoms with Gasteiger partial charge in [0.05, 0.1) is 5.92 Å². The Kier molecular flexibility index (Phi) is 4.21. The van der Waals surface area contributed by atoms with Crippen molar-refractivity contribution in [3.8, 4) is 0 Å². The van der Waals surface area contributed by atoms with Crippen LogP contribution < -0.4 is 5.32 Å². The van der Waals surface area contributed by atoms with Crippen LogP contribution in [0.15, 0.2) is 24.3 Å². The van der Waals surface area contributed by atoms with Gasteiger partial charge in [0.2, 0.25) is 5.91 Å². The Morgan fingerprint density at radius 2 is 2.14 bits per heavy atom. The normalized spacial score (nSPS) is 22.3. The first-order chi connectivity index (χ1) is 10.6. The molecule has 1 fully saturated rings. The summed E-state index contributed by atoms with van der Waals surface area (Å²) >= 11 is 0. The molecule has 22 heavy (non-hydrogen) atoms. The van der Waals surface area contributed by atoms with E-state index in [1.165, 1.54) is 22.2 Å². The first-order valence-electron chi connectivity index (χ1n) is 8.08. The SMILES string of the molecule is Cc1[nH]c2ccccc2c1CCNC(=O)[C@@H]1CN(C)C[C@H]1C. The van der Waals surface area contributed by atoms with Crippen molar-refractivity contribution in [2.45, 2.75) is 20.3 Å². The maximum absolute atomic E-state index is 12.3. The lowest BCUT2D eigenvalue weighted by molar-refractivity contribution is -0.125. The fraction of sp³-hybridized carbons (Fsp3) is 0.500. The topological polar surface area (TPSA) is 48.1 Å². The zero-order valence-corrected chi connectivity index (χ0v) is 13.6. The van der Waals surface area contributed by atoms with Crippen molar-refractivity contribution in [3.05, 3.63) is 35.5 Å². The minimum Gasteiger partial charge on any atom is -0.358 e. The molecule has 1 aliphatic rings. The Morgan fingerprint density at radius 1 is 1.36 bits per heavy atom. The van der Waals surface area contributed by atoms with Crippen LogP contribution in [0.4, 0.5) is 0 Å². The number of aromatic nitrogens is 1. The predicted molar refractivity (Wildman–Crippen MR) is 89.9 cm³/mol. The molecule has 0 unspecified atom stereocenters. The Bertz CT molecular complexity index is 676. The van der Waals surface area contributed by atoms with Crippen LogP contribution in [0.5, 0.6) is 0 Å². The molecule has 4 nitrogen and oxygen atoms in total. The Hall–Kier alpha value is -1.81. The van der Waals surface area contributed by atoms with E-state index in [4.69, 9.17) is 0 Å². The highest BCUT2D eigenvalue weighted by Gasteiger charge is 2.32. The third kappa shape index (κ3) is 2.88. The lowest BCUT2D eigenvalue weighted by Crippen LogP contribution is -2.35. The molecular formula is C18H25N3O. The molecule has 4 heteroatoms. The Labute approximate surface area is 131 Å².